The van der Waals surface area contributed by atoms with E-state index in [4.69, 9.17) is 0 Å². The van der Waals surface area contributed by atoms with Gasteiger partial charge >= 0.3 is 0 Å². The number of nitriles is 2. The molecule has 0 aromatic heterocycles. The van der Waals surface area contributed by atoms with Crippen molar-refractivity contribution >= 4 is 0 Å². The van der Waals surface area contributed by atoms with E-state index in [9.17, 15) is 10.5 Å². The van der Waals surface area contributed by atoms with Crippen LogP contribution in [0, 0.1) is 34.0 Å². The number of hydrogen-bond donors (Lipinski definition) is 1. The van der Waals surface area contributed by atoms with Gasteiger partial charge in [-0.05, 0) is 31.4 Å². The molecule has 2 rings (SSSR count). The van der Waals surface area contributed by atoms with Gasteiger partial charge in [0.05, 0.1) is 12.1 Å². The normalized spacial score (nSPS) is 27.2. The Labute approximate surface area is 132 Å². The van der Waals surface area contributed by atoms with E-state index in [1.807, 2.05) is 37.3 Å². The Morgan fingerprint density at radius 1 is 1.36 bits per heavy atom. The van der Waals surface area contributed by atoms with E-state index in [0.717, 1.165) is 18.4 Å². The summed E-state index contributed by atoms with van der Waals surface area (Å²) in [6, 6.07) is 5.09. The Hall–Kier alpha value is -2.32. The average molecular weight is 291 g/mol. The maximum atomic E-state index is 9.73. The van der Waals surface area contributed by atoms with Crippen LogP contribution in [0.2, 0.25) is 0 Å². The predicted octanol–water partition coefficient (Wildman–Crippen LogP) is 3.56. The molecule has 0 radical (unpaired) electrons. The Morgan fingerprint density at radius 3 is 2.77 bits per heavy atom. The maximum Gasteiger partial charge on any atom is 0.168 e. The van der Waals surface area contributed by atoms with Gasteiger partial charge in [0.1, 0.15) is 0 Å². The van der Waals surface area contributed by atoms with E-state index in [1.165, 1.54) is 0 Å². The van der Waals surface area contributed by atoms with Crippen molar-refractivity contribution in [3.8, 4) is 12.1 Å². The fraction of sp³-hybridized carbons (Fsp3) is 0.421. The molecule has 0 saturated carbocycles. The van der Waals surface area contributed by atoms with Gasteiger partial charge in [-0.25, -0.2) is 0 Å². The lowest BCUT2D eigenvalue weighted by Gasteiger charge is -2.34. The van der Waals surface area contributed by atoms with Gasteiger partial charge < -0.3 is 5.32 Å². The maximum absolute atomic E-state index is 9.73. The molecule has 22 heavy (non-hydrogen) atoms. The molecule has 1 saturated heterocycles. The predicted molar refractivity (Wildman–Crippen MR) is 87.5 cm³/mol. The molecule has 0 aromatic carbocycles. The van der Waals surface area contributed by atoms with Crippen molar-refractivity contribution in [3.05, 3.63) is 54.3 Å². The second kappa shape index (κ2) is 7.10. The molecule has 1 N–H and O–H groups in total. The van der Waals surface area contributed by atoms with Crippen LogP contribution in [0.25, 0.3) is 0 Å². The molecule has 2 heterocycles. The molecule has 1 unspecified atom stereocenters. The quantitative estimate of drug-likeness (QED) is 0.478. The van der Waals surface area contributed by atoms with Crippen LogP contribution in [0.3, 0.4) is 0 Å². The van der Waals surface area contributed by atoms with Gasteiger partial charge in [-0.2, -0.15) is 10.5 Å². The summed E-state index contributed by atoms with van der Waals surface area (Å²) < 4.78 is 0. The van der Waals surface area contributed by atoms with Crippen LogP contribution in [0.4, 0.5) is 0 Å². The fourth-order valence-corrected chi connectivity index (χ4v) is 3.32. The SMILES string of the molecule is C=C=C[C@@H]1C(C(C#N)(C#N)C/C=C/C=C/C)=CC2CC[C@@H]1N2. The highest BCUT2D eigenvalue weighted by Crippen LogP contribution is 2.43. The molecule has 0 aromatic rings. The first kappa shape index (κ1) is 16.1. The van der Waals surface area contributed by atoms with Crippen LogP contribution >= 0.6 is 0 Å². The molecule has 2 bridgehead atoms. The van der Waals surface area contributed by atoms with Crippen LogP contribution in [-0.4, -0.2) is 12.1 Å². The van der Waals surface area contributed by atoms with Crippen molar-refractivity contribution in [1.29, 1.82) is 10.5 Å². The van der Waals surface area contributed by atoms with Crippen molar-refractivity contribution in [1.82, 2.24) is 5.32 Å². The van der Waals surface area contributed by atoms with Crippen LogP contribution in [0.1, 0.15) is 26.2 Å². The molecule has 3 nitrogen and oxygen atoms in total. The zero-order valence-corrected chi connectivity index (χ0v) is 12.9. The lowest BCUT2D eigenvalue weighted by Crippen LogP contribution is -2.42. The lowest BCUT2D eigenvalue weighted by molar-refractivity contribution is 0.418. The fourth-order valence-electron chi connectivity index (χ4n) is 3.32. The molecular formula is C19H21N3. The first-order valence-corrected chi connectivity index (χ1v) is 7.65. The van der Waals surface area contributed by atoms with Gasteiger partial charge in [0, 0.05) is 24.4 Å². The lowest BCUT2D eigenvalue weighted by atomic mass is 9.70. The van der Waals surface area contributed by atoms with Crippen LogP contribution in [-0.2, 0) is 0 Å². The molecule has 3 atom stereocenters. The van der Waals surface area contributed by atoms with Crippen molar-refractivity contribution in [2.45, 2.75) is 38.3 Å². The molecular weight excluding hydrogens is 270 g/mol. The van der Waals surface area contributed by atoms with Gasteiger partial charge in [0.15, 0.2) is 5.41 Å². The summed E-state index contributed by atoms with van der Waals surface area (Å²) in [5, 5.41) is 23.0. The van der Waals surface area contributed by atoms with E-state index in [2.05, 4.69) is 35.8 Å². The Kier molecular flexibility index (Phi) is 5.18. The summed E-state index contributed by atoms with van der Waals surface area (Å²) >= 11 is 0. The third kappa shape index (κ3) is 2.97. The Balaban J connectivity index is 2.40. The van der Waals surface area contributed by atoms with Crippen LogP contribution < -0.4 is 5.32 Å². The largest absolute Gasteiger partial charge is 0.307 e. The third-order valence-electron chi connectivity index (χ3n) is 4.43. The van der Waals surface area contributed by atoms with Crippen molar-refractivity contribution in [2.24, 2.45) is 11.3 Å². The number of rotatable bonds is 5. The van der Waals surface area contributed by atoms with Crippen molar-refractivity contribution in [3.63, 3.8) is 0 Å². The van der Waals surface area contributed by atoms with Crippen molar-refractivity contribution in [2.75, 3.05) is 0 Å². The molecule has 112 valence electrons. The second-order valence-electron chi connectivity index (χ2n) is 5.76. The van der Waals surface area contributed by atoms with E-state index in [1.54, 1.807) is 0 Å². The molecule has 2 aliphatic rings. The summed E-state index contributed by atoms with van der Waals surface area (Å²) in [5.41, 5.74) is 2.64. The number of allylic oxidation sites excluding steroid dienone is 4. The highest BCUT2D eigenvalue weighted by molar-refractivity contribution is 5.41. The third-order valence-corrected chi connectivity index (χ3v) is 4.43. The minimum atomic E-state index is -1.11. The topological polar surface area (TPSA) is 59.6 Å². The molecule has 1 fully saturated rings. The monoisotopic (exact) mass is 291 g/mol. The summed E-state index contributed by atoms with van der Waals surface area (Å²) in [5.74, 6) is 0.0191. The molecule has 0 spiro atoms. The van der Waals surface area contributed by atoms with Gasteiger partial charge in [-0.15, -0.1) is 5.73 Å². The van der Waals surface area contributed by atoms with Gasteiger partial charge in [0.2, 0.25) is 0 Å². The van der Waals surface area contributed by atoms with E-state index in [-0.39, 0.29) is 18.0 Å². The minimum Gasteiger partial charge on any atom is -0.307 e. The zero-order valence-electron chi connectivity index (χ0n) is 12.9. The van der Waals surface area contributed by atoms with Crippen molar-refractivity contribution < 1.29 is 0 Å². The number of nitrogens with zero attached hydrogens (tertiary/aromatic N) is 2. The Bertz CT molecular complexity index is 619. The molecule has 0 aliphatic carbocycles. The molecule has 3 heteroatoms. The smallest absolute Gasteiger partial charge is 0.168 e. The Morgan fingerprint density at radius 2 is 2.14 bits per heavy atom. The number of fused-ring (bicyclic) bond motifs is 2. The second-order valence-corrected chi connectivity index (χ2v) is 5.76. The minimum absolute atomic E-state index is 0.0191. The number of nitrogens with one attached hydrogen (secondary N) is 1. The highest BCUT2D eigenvalue weighted by Gasteiger charge is 2.44. The standard InChI is InChI=1S/C19H21N3/c1-3-5-6-7-11-19(13-20,14-21)17-12-15-9-10-18(22-15)16(17)8-4-2/h3,5-8,12,15-16,18,22H,2,9-11H2,1H3/b5-3+,7-6+/t15?,16-,18+/m1/s1. The van der Waals surface area contributed by atoms with E-state index < -0.39 is 5.41 Å². The number of hydrogen-bond acceptors (Lipinski definition) is 3. The average Bonchev–Trinajstić information content (AvgIpc) is 2.94. The van der Waals surface area contributed by atoms with Crippen LogP contribution in [0.5, 0.6) is 0 Å². The van der Waals surface area contributed by atoms with Gasteiger partial charge in [-0.3, -0.25) is 0 Å². The van der Waals surface area contributed by atoms with Crippen LogP contribution in [0.15, 0.2) is 54.3 Å². The summed E-state index contributed by atoms with van der Waals surface area (Å²) in [6.07, 6.45) is 14.1. The summed E-state index contributed by atoms with van der Waals surface area (Å²) in [6.45, 7) is 5.60. The highest BCUT2D eigenvalue weighted by atomic mass is 15.0. The van der Waals surface area contributed by atoms with E-state index >= 15 is 0 Å². The molecule has 2 aliphatic heterocycles. The van der Waals surface area contributed by atoms with Gasteiger partial charge in [-0.1, -0.05) is 37.0 Å². The zero-order chi connectivity index (χ0) is 16.0. The molecule has 0 amide bonds. The summed E-state index contributed by atoms with van der Waals surface area (Å²) in [4.78, 5) is 0. The first-order chi connectivity index (χ1) is 10.7. The van der Waals surface area contributed by atoms with Gasteiger partial charge in [0.25, 0.3) is 0 Å². The summed E-state index contributed by atoms with van der Waals surface area (Å²) in [7, 11) is 0. The first-order valence-electron chi connectivity index (χ1n) is 7.65. The van der Waals surface area contributed by atoms with E-state index in [0.29, 0.717) is 6.42 Å².